The van der Waals surface area contributed by atoms with Crippen molar-refractivity contribution in [1.29, 1.82) is 0 Å². The van der Waals surface area contributed by atoms with Gasteiger partial charge in [-0.25, -0.2) is 0 Å². The highest BCUT2D eigenvalue weighted by Gasteiger charge is 2.16. The Balaban J connectivity index is 2.21. The van der Waals surface area contributed by atoms with Crippen LogP contribution in [0.25, 0.3) is 0 Å². The van der Waals surface area contributed by atoms with Crippen molar-refractivity contribution in [3.63, 3.8) is 0 Å². The molecule has 5 N–H and O–H groups in total. The molecule has 0 aliphatic heterocycles. The van der Waals surface area contributed by atoms with Crippen LogP contribution < -0.4 is 16.8 Å². The molecule has 0 aliphatic rings. The van der Waals surface area contributed by atoms with Gasteiger partial charge >= 0.3 is 0 Å². The maximum Gasteiger partial charge on any atom is 0.0629 e. The summed E-state index contributed by atoms with van der Waals surface area (Å²) < 4.78 is 0. The highest BCUT2D eigenvalue weighted by atomic mass is 32.1. The van der Waals surface area contributed by atoms with Crippen LogP contribution in [0, 0.1) is 5.92 Å². The lowest BCUT2D eigenvalue weighted by molar-refractivity contribution is 0.554. The van der Waals surface area contributed by atoms with E-state index in [1.165, 1.54) is 4.88 Å². The smallest absolute Gasteiger partial charge is 0.0629 e. The van der Waals surface area contributed by atoms with Gasteiger partial charge in [-0.05, 0) is 35.6 Å². The second-order valence-electron chi connectivity index (χ2n) is 4.73. The van der Waals surface area contributed by atoms with Crippen molar-refractivity contribution < 1.29 is 0 Å². The SMILES string of the molecule is CC(C)C(Nc1ccc(N)c(N)c1)c1cccs1. The zero-order chi connectivity index (χ0) is 13.1. The van der Waals surface area contributed by atoms with E-state index in [4.69, 9.17) is 11.5 Å². The molecule has 0 bridgehead atoms. The molecule has 2 rings (SSSR count). The Morgan fingerprint density at radius 1 is 1.11 bits per heavy atom. The lowest BCUT2D eigenvalue weighted by Gasteiger charge is -2.22. The van der Waals surface area contributed by atoms with Gasteiger partial charge in [-0.1, -0.05) is 19.9 Å². The summed E-state index contributed by atoms with van der Waals surface area (Å²) in [6, 6.07) is 10.2. The van der Waals surface area contributed by atoms with E-state index in [1.807, 2.05) is 18.2 Å². The van der Waals surface area contributed by atoms with E-state index < -0.39 is 0 Å². The normalized spacial score (nSPS) is 12.6. The molecule has 1 atom stereocenters. The van der Waals surface area contributed by atoms with Crippen molar-refractivity contribution in [2.75, 3.05) is 16.8 Å². The number of thiophene rings is 1. The fourth-order valence-corrected chi connectivity index (χ4v) is 2.83. The topological polar surface area (TPSA) is 64.1 Å². The fourth-order valence-electron chi connectivity index (χ4n) is 1.88. The maximum atomic E-state index is 5.83. The lowest BCUT2D eigenvalue weighted by atomic mass is 10.0. The van der Waals surface area contributed by atoms with Gasteiger partial charge in [0.2, 0.25) is 0 Å². The third-order valence-corrected chi connectivity index (χ3v) is 3.88. The summed E-state index contributed by atoms with van der Waals surface area (Å²) in [5.74, 6) is 0.502. The van der Waals surface area contributed by atoms with E-state index >= 15 is 0 Å². The van der Waals surface area contributed by atoms with Gasteiger partial charge in [0.15, 0.2) is 0 Å². The molecule has 4 heteroatoms. The van der Waals surface area contributed by atoms with Crippen LogP contribution in [0.15, 0.2) is 35.7 Å². The van der Waals surface area contributed by atoms with Crippen molar-refractivity contribution in [2.24, 2.45) is 5.92 Å². The second kappa shape index (κ2) is 5.31. The van der Waals surface area contributed by atoms with E-state index in [1.54, 1.807) is 11.3 Å². The molecule has 2 aromatic rings. The van der Waals surface area contributed by atoms with Crippen molar-refractivity contribution in [3.05, 3.63) is 40.6 Å². The van der Waals surface area contributed by atoms with Crippen LogP contribution in [0.4, 0.5) is 17.1 Å². The molecule has 0 radical (unpaired) electrons. The second-order valence-corrected chi connectivity index (χ2v) is 5.70. The third-order valence-electron chi connectivity index (χ3n) is 2.93. The Hall–Kier alpha value is -1.68. The Morgan fingerprint density at radius 2 is 1.89 bits per heavy atom. The minimum absolute atomic E-state index is 0.299. The Morgan fingerprint density at radius 3 is 2.44 bits per heavy atom. The van der Waals surface area contributed by atoms with Crippen molar-refractivity contribution in [2.45, 2.75) is 19.9 Å². The minimum Gasteiger partial charge on any atom is -0.397 e. The summed E-state index contributed by atoms with van der Waals surface area (Å²) in [6.45, 7) is 4.41. The summed E-state index contributed by atoms with van der Waals surface area (Å²) in [6.07, 6.45) is 0. The quantitative estimate of drug-likeness (QED) is 0.735. The molecule has 18 heavy (non-hydrogen) atoms. The first-order chi connectivity index (χ1) is 8.58. The average molecular weight is 261 g/mol. The zero-order valence-corrected chi connectivity index (χ0v) is 11.5. The first kappa shape index (κ1) is 12.8. The molecule has 3 nitrogen and oxygen atoms in total. The Bertz CT molecular complexity index is 506. The van der Waals surface area contributed by atoms with Crippen molar-refractivity contribution >= 4 is 28.4 Å². The van der Waals surface area contributed by atoms with E-state index in [0.29, 0.717) is 23.3 Å². The summed E-state index contributed by atoms with van der Waals surface area (Å²) in [5.41, 5.74) is 13.8. The zero-order valence-electron chi connectivity index (χ0n) is 10.7. The predicted octanol–water partition coefficient (Wildman–Crippen LogP) is 3.72. The molecule has 1 aromatic heterocycles. The van der Waals surface area contributed by atoms with Crippen LogP contribution in [-0.2, 0) is 0 Å². The predicted molar refractivity (Wildman–Crippen MR) is 80.8 cm³/mol. The monoisotopic (exact) mass is 261 g/mol. The number of hydrogen-bond donors (Lipinski definition) is 3. The van der Waals surface area contributed by atoms with Gasteiger partial charge in [-0.2, -0.15) is 0 Å². The third kappa shape index (κ3) is 2.76. The summed E-state index contributed by atoms with van der Waals surface area (Å²) in [4.78, 5) is 1.33. The number of benzene rings is 1. The van der Waals surface area contributed by atoms with Gasteiger partial charge in [0.25, 0.3) is 0 Å². The van der Waals surface area contributed by atoms with Crippen LogP contribution in [0.2, 0.25) is 0 Å². The van der Waals surface area contributed by atoms with E-state index in [0.717, 1.165) is 5.69 Å². The minimum atomic E-state index is 0.299. The van der Waals surface area contributed by atoms with E-state index in [2.05, 4.69) is 36.7 Å². The average Bonchev–Trinajstić information content (AvgIpc) is 2.83. The molecule has 0 saturated carbocycles. The Kier molecular flexibility index (Phi) is 3.77. The van der Waals surface area contributed by atoms with Gasteiger partial charge in [0.05, 0.1) is 17.4 Å². The number of nitrogens with one attached hydrogen (secondary N) is 1. The highest BCUT2D eigenvalue weighted by molar-refractivity contribution is 7.10. The molecular weight excluding hydrogens is 242 g/mol. The van der Waals surface area contributed by atoms with Gasteiger partial charge in [-0.15, -0.1) is 11.3 Å². The number of hydrogen-bond acceptors (Lipinski definition) is 4. The van der Waals surface area contributed by atoms with Crippen molar-refractivity contribution in [3.8, 4) is 0 Å². The molecule has 0 fully saturated rings. The van der Waals surface area contributed by atoms with Crippen LogP contribution in [-0.4, -0.2) is 0 Å². The summed E-state index contributed by atoms with van der Waals surface area (Å²) >= 11 is 1.77. The van der Waals surface area contributed by atoms with Crippen LogP contribution in [0.1, 0.15) is 24.8 Å². The van der Waals surface area contributed by atoms with Gasteiger partial charge in [-0.3, -0.25) is 0 Å². The largest absolute Gasteiger partial charge is 0.397 e. The number of nitrogen functional groups attached to an aromatic ring is 2. The lowest BCUT2D eigenvalue weighted by Crippen LogP contribution is -2.15. The molecule has 96 valence electrons. The molecule has 1 heterocycles. The van der Waals surface area contributed by atoms with Crippen LogP contribution in [0.5, 0.6) is 0 Å². The van der Waals surface area contributed by atoms with Gasteiger partial charge < -0.3 is 16.8 Å². The maximum absolute atomic E-state index is 5.83. The molecule has 1 aromatic carbocycles. The highest BCUT2D eigenvalue weighted by Crippen LogP contribution is 2.31. The van der Waals surface area contributed by atoms with Crippen LogP contribution in [0.3, 0.4) is 0 Å². The first-order valence-electron chi connectivity index (χ1n) is 6.03. The Labute approximate surface area is 112 Å². The van der Waals surface area contributed by atoms with E-state index in [9.17, 15) is 0 Å². The standard InChI is InChI=1S/C14H19N3S/c1-9(2)14(13-4-3-7-18-13)17-10-5-6-11(15)12(16)8-10/h3-9,14,17H,15-16H2,1-2H3. The van der Waals surface area contributed by atoms with E-state index in [-0.39, 0.29) is 0 Å². The van der Waals surface area contributed by atoms with Gasteiger partial charge in [0, 0.05) is 10.6 Å². The van der Waals surface area contributed by atoms with Crippen molar-refractivity contribution in [1.82, 2.24) is 0 Å². The molecule has 1 unspecified atom stereocenters. The number of nitrogens with two attached hydrogens (primary N) is 2. The number of anilines is 3. The molecule has 0 aliphatic carbocycles. The first-order valence-corrected chi connectivity index (χ1v) is 6.91. The summed E-state index contributed by atoms with van der Waals surface area (Å²) in [7, 11) is 0. The molecular formula is C14H19N3S. The molecule has 0 spiro atoms. The number of rotatable bonds is 4. The molecule has 0 saturated heterocycles. The van der Waals surface area contributed by atoms with Gasteiger partial charge in [0.1, 0.15) is 0 Å². The molecule has 0 amide bonds. The van der Waals surface area contributed by atoms with Crippen LogP contribution >= 0.6 is 11.3 Å². The summed E-state index contributed by atoms with van der Waals surface area (Å²) in [5, 5.41) is 5.62. The fraction of sp³-hybridized carbons (Fsp3) is 0.286.